The Morgan fingerprint density at radius 1 is 0.839 bits per heavy atom. The third-order valence-corrected chi connectivity index (χ3v) is 4.78. The second-order valence-electron chi connectivity index (χ2n) is 7.55. The van der Waals surface area contributed by atoms with E-state index < -0.39 is 0 Å². The van der Waals surface area contributed by atoms with Gasteiger partial charge >= 0.3 is 0 Å². The lowest BCUT2D eigenvalue weighted by Gasteiger charge is -2.10. The molecule has 0 bridgehead atoms. The summed E-state index contributed by atoms with van der Waals surface area (Å²) >= 11 is 5.96. The summed E-state index contributed by atoms with van der Waals surface area (Å²) in [5.41, 5.74) is 2.06. The van der Waals surface area contributed by atoms with Crippen LogP contribution in [-0.4, -0.2) is 18.4 Å². The Kier molecular flexibility index (Phi) is 7.68. The van der Waals surface area contributed by atoms with Crippen molar-refractivity contribution in [2.24, 2.45) is 5.92 Å². The van der Waals surface area contributed by atoms with Crippen LogP contribution in [0, 0.1) is 5.92 Å². The Hall–Kier alpha value is -3.31. The molecular formula is C25H25ClN2O3. The maximum atomic E-state index is 12.6. The number of nitrogens with one attached hydrogen (secondary N) is 2. The lowest BCUT2D eigenvalue weighted by molar-refractivity contribution is 0.101. The van der Waals surface area contributed by atoms with Gasteiger partial charge in [-0.2, -0.15) is 0 Å². The van der Waals surface area contributed by atoms with E-state index in [0.717, 1.165) is 12.2 Å². The predicted molar refractivity (Wildman–Crippen MR) is 125 cm³/mol. The number of hydrogen-bond donors (Lipinski definition) is 2. The van der Waals surface area contributed by atoms with E-state index in [4.69, 9.17) is 16.3 Å². The number of rotatable bonds is 8. The molecule has 0 aliphatic carbocycles. The minimum atomic E-state index is -0.290. The summed E-state index contributed by atoms with van der Waals surface area (Å²) in [6.07, 6.45) is 0.976. The maximum Gasteiger partial charge on any atom is 0.255 e. The first kappa shape index (κ1) is 22.4. The Morgan fingerprint density at radius 3 is 2.10 bits per heavy atom. The highest BCUT2D eigenvalue weighted by Gasteiger charge is 2.10. The van der Waals surface area contributed by atoms with E-state index in [0.29, 0.717) is 40.0 Å². The van der Waals surface area contributed by atoms with E-state index in [1.165, 1.54) is 0 Å². The molecular weight excluding hydrogens is 412 g/mol. The van der Waals surface area contributed by atoms with Crippen molar-refractivity contribution in [1.29, 1.82) is 0 Å². The van der Waals surface area contributed by atoms with Crippen LogP contribution in [0.15, 0.2) is 72.8 Å². The SMILES string of the molecule is CC(C)CCOc1ccc(C(=O)Nc2cccc(C(=O)Nc3cccc(Cl)c3)c2)cc1. The fourth-order valence-electron chi connectivity index (χ4n) is 2.83. The second-order valence-corrected chi connectivity index (χ2v) is 7.99. The van der Waals surface area contributed by atoms with Crippen molar-refractivity contribution in [2.45, 2.75) is 20.3 Å². The smallest absolute Gasteiger partial charge is 0.255 e. The van der Waals surface area contributed by atoms with E-state index in [9.17, 15) is 9.59 Å². The molecule has 0 spiro atoms. The summed E-state index contributed by atoms with van der Waals surface area (Å²) < 4.78 is 5.68. The van der Waals surface area contributed by atoms with Crippen LogP contribution in [0.3, 0.4) is 0 Å². The quantitative estimate of drug-likeness (QED) is 0.437. The molecule has 0 aliphatic rings. The van der Waals surface area contributed by atoms with Crippen molar-refractivity contribution in [3.8, 4) is 5.75 Å². The molecule has 31 heavy (non-hydrogen) atoms. The Morgan fingerprint density at radius 2 is 1.45 bits per heavy atom. The van der Waals surface area contributed by atoms with Crippen molar-refractivity contribution in [3.63, 3.8) is 0 Å². The number of amides is 2. The van der Waals surface area contributed by atoms with Crippen molar-refractivity contribution >= 4 is 34.8 Å². The van der Waals surface area contributed by atoms with Gasteiger partial charge in [-0.05, 0) is 73.0 Å². The third-order valence-electron chi connectivity index (χ3n) is 4.55. The van der Waals surface area contributed by atoms with Crippen LogP contribution in [0.5, 0.6) is 5.75 Å². The third kappa shape index (κ3) is 6.86. The molecule has 0 unspecified atom stereocenters. The maximum absolute atomic E-state index is 12.6. The van der Waals surface area contributed by atoms with Crippen molar-refractivity contribution in [2.75, 3.05) is 17.2 Å². The Labute approximate surface area is 187 Å². The van der Waals surface area contributed by atoms with E-state index in [1.807, 2.05) is 0 Å². The molecule has 0 saturated carbocycles. The van der Waals surface area contributed by atoms with Gasteiger partial charge in [-0.15, -0.1) is 0 Å². The van der Waals surface area contributed by atoms with Gasteiger partial charge in [0.2, 0.25) is 0 Å². The van der Waals surface area contributed by atoms with E-state index in [-0.39, 0.29) is 11.8 Å². The average molecular weight is 437 g/mol. The monoisotopic (exact) mass is 436 g/mol. The molecule has 0 saturated heterocycles. The van der Waals surface area contributed by atoms with E-state index >= 15 is 0 Å². The van der Waals surface area contributed by atoms with Crippen molar-refractivity contribution in [3.05, 3.63) is 88.9 Å². The molecule has 2 amide bonds. The first-order chi connectivity index (χ1) is 14.9. The van der Waals surface area contributed by atoms with Crippen LogP contribution in [0.1, 0.15) is 41.0 Å². The zero-order valence-electron chi connectivity index (χ0n) is 17.5. The minimum absolute atomic E-state index is 0.263. The summed E-state index contributed by atoms with van der Waals surface area (Å²) in [5.74, 6) is 0.757. The highest BCUT2D eigenvalue weighted by Crippen LogP contribution is 2.19. The summed E-state index contributed by atoms with van der Waals surface area (Å²) in [5, 5.41) is 6.15. The summed E-state index contributed by atoms with van der Waals surface area (Å²) in [6.45, 7) is 4.94. The largest absolute Gasteiger partial charge is 0.494 e. The fraction of sp³-hybridized carbons (Fsp3) is 0.200. The number of ether oxygens (including phenoxy) is 1. The van der Waals surface area contributed by atoms with Crippen LogP contribution in [-0.2, 0) is 0 Å². The highest BCUT2D eigenvalue weighted by molar-refractivity contribution is 6.31. The number of carbonyl (C=O) groups is 2. The van der Waals surface area contributed by atoms with Gasteiger partial charge in [-0.1, -0.05) is 37.6 Å². The zero-order chi connectivity index (χ0) is 22.2. The standard InChI is InChI=1S/C25H25ClN2O3/c1-17(2)13-14-31-23-11-9-18(10-12-23)24(29)27-21-7-3-5-19(15-21)25(30)28-22-8-4-6-20(26)16-22/h3-12,15-17H,13-14H2,1-2H3,(H,27,29)(H,28,30). The number of halogens is 1. The van der Waals surface area contributed by atoms with Crippen LogP contribution in [0.2, 0.25) is 5.02 Å². The van der Waals surface area contributed by atoms with Crippen LogP contribution >= 0.6 is 11.6 Å². The van der Waals surface area contributed by atoms with Gasteiger partial charge < -0.3 is 15.4 Å². The van der Waals surface area contributed by atoms with E-state index in [1.54, 1.807) is 72.8 Å². The summed E-state index contributed by atoms with van der Waals surface area (Å²) in [6, 6.07) is 20.7. The van der Waals surface area contributed by atoms with E-state index in [2.05, 4.69) is 24.5 Å². The molecule has 0 atom stereocenters. The topological polar surface area (TPSA) is 67.4 Å². The van der Waals surface area contributed by atoms with Gasteiger partial charge in [-0.3, -0.25) is 9.59 Å². The fourth-order valence-corrected chi connectivity index (χ4v) is 3.02. The molecule has 6 heteroatoms. The van der Waals surface area contributed by atoms with Crippen LogP contribution in [0.4, 0.5) is 11.4 Å². The molecule has 0 aliphatic heterocycles. The van der Waals surface area contributed by atoms with Gasteiger partial charge in [0, 0.05) is 27.5 Å². The molecule has 0 fully saturated rings. The molecule has 3 aromatic rings. The number of anilines is 2. The first-order valence-electron chi connectivity index (χ1n) is 10.1. The molecule has 0 aromatic heterocycles. The summed E-state index contributed by atoms with van der Waals surface area (Å²) in [7, 11) is 0. The van der Waals surface area contributed by atoms with Crippen LogP contribution < -0.4 is 15.4 Å². The second kappa shape index (κ2) is 10.6. The van der Waals surface area contributed by atoms with Gasteiger partial charge in [0.15, 0.2) is 0 Å². The number of hydrogen-bond acceptors (Lipinski definition) is 3. The molecule has 3 rings (SSSR count). The number of benzene rings is 3. The first-order valence-corrected chi connectivity index (χ1v) is 10.5. The average Bonchev–Trinajstić information content (AvgIpc) is 2.74. The summed E-state index contributed by atoms with van der Waals surface area (Å²) in [4.78, 5) is 25.1. The molecule has 2 N–H and O–H groups in total. The zero-order valence-corrected chi connectivity index (χ0v) is 18.3. The molecule has 3 aromatic carbocycles. The molecule has 160 valence electrons. The van der Waals surface area contributed by atoms with Crippen LogP contribution in [0.25, 0.3) is 0 Å². The predicted octanol–water partition coefficient (Wildman–Crippen LogP) is 6.27. The lowest BCUT2D eigenvalue weighted by atomic mass is 10.1. The molecule has 0 radical (unpaired) electrons. The Balaban J connectivity index is 1.61. The Bertz CT molecular complexity index is 1050. The van der Waals surface area contributed by atoms with Gasteiger partial charge in [0.1, 0.15) is 5.75 Å². The van der Waals surface area contributed by atoms with Crippen molar-refractivity contribution < 1.29 is 14.3 Å². The van der Waals surface area contributed by atoms with Gasteiger partial charge in [0.05, 0.1) is 6.61 Å². The van der Waals surface area contributed by atoms with Gasteiger partial charge in [0.25, 0.3) is 11.8 Å². The van der Waals surface area contributed by atoms with Gasteiger partial charge in [-0.25, -0.2) is 0 Å². The molecule has 0 heterocycles. The lowest BCUT2D eigenvalue weighted by Crippen LogP contribution is -2.14. The highest BCUT2D eigenvalue weighted by atomic mass is 35.5. The molecule has 5 nitrogen and oxygen atoms in total. The minimum Gasteiger partial charge on any atom is -0.494 e. The number of carbonyl (C=O) groups excluding carboxylic acids is 2. The van der Waals surface area contributed by atoms with Crippen molar-refractivity contribution in [1.82, 2.24) is 0 Å². The normalized spacial score (nSPS) is 10.6.